The number of alkyl halides is 3. The highest BCUT2D eigenvalue weighted by Crippen LogP contribution is 2.29. The van der Waals surface area contributed by atoms with Crippen LogP contribution in [0, 0.1) is 0 Å². The van der Waals surface area contributed by atoms with Crippen molar-refractivity contribution in [3.8, 4) is 0 Å². The lowest BCUT2D eigenvalue weighted by Crippen LogP contribution is -2.25. The molecule has 0 saturated heterocycles. The summed E-state index contributed by atoms with van der Waals surface area (Å²) in [7, 11) is 0. The van der Waals surface area contributed by atoms with Gasteiger partial charge in [0.05, 0.1) is 0 Å². The van der Waals surface area contributed by atoms with Crippen molar-refractivity contribution >= 4 is 11.6 Å². The third-order valence-electron chi connectivity index (χ3n) is 2.55. The minimum atomic E-state index is -4.78. The van der Waals surface area contributed by atoms with Gasteiger partial charge in [-0.15, -0.1) is 5.10 Å². The van der Waals surface area contributed by atoms with Gasteiger partial charge in [0, 0.05) is 6.54 Å². The highest BCUT2D eigenvalue weighted by atomic mass is 19.4. The van der Waals surface area contributed by atoms with E-state index in [9.17, 15) is 22.8 Å². The van der Waals surface area contributed by atoms with Crippen LogP contribution in [0.25, 0.3) is 5.65 Å². The fraction of sp³-hybridized carbons (Fsp3) is 0.300. The minimum Gasteiger partial charge on any atom is -0.478 e. The summed E-state index contributed by atoms with van der Waals surface area (Å²) in [6.45, 7) is 1.55. The summed E-state index contributed by atoms with van der Waals surface area (Å²) in [4.78, 5) is 22.7. The van der Waals surface area contributed by atoms with Crippen LogP contribution in [0.1, 0.15) is 23.0 Å². The molecule has 0 spiro atoms. The van der Waals surface area contributed by atoms with Crippen LogP contribution in [0.3, 0.4) is 0 Å². The number of carboxylic acid groups (broad SMARTS) is 1. The van der Waals surface area contributed by atoms with Crippen molar-refractivity contribution in [1.82, 2.24) is 14.2 Å². The molecule has 0 aliphatic carbocycles. The Bertz CT molecular complexity index is 714. The van der Waals surface area contributed by atoms with Crippen molar-refractivity contribution in [3.05, 3.63) is 33.9 Å². The number of nitrogens with zero attached hydrogens (tertiary/aromatic N) is 3. The molecule has 0 atom stereocenters. The lowest BCUT2D eigenvalue weighted by atomic mass is 10.2. The number of hydrogen-bond donors (Lipinski definition) is 1. The Kier molecular flexibility index (Phi) is 2.84. The number of carboxylic acids is 1. The molecular formula is C10H8F3N3O3. The van der Waals surface area contributed by atoms with Crippen LogP contribution in [0.15, 0.2) is 16.9 Å². The molecular weight excluding hydrogens is 267 g/mol. The summed E-state index contributed by atoms with van der Waals surface area (Å²) in [5, 5.41) is 12.5. The normalized spacial score (nSPS) is 12.0. The van der Waals surface area contributed by atoms with Crippen molar-refractivity contribution in [1.29, 1.82) is 0 Å². The van der Waals surface area contributed by atoms with Gasteiger partial charge in [0.25, 0.3) is 0 Å². The highest BCUT2D eigenvalue weighted by molar-refractivity contribution is 5.94. The van der Waals surface area contributed by atoms with Gasteiger partial charge < -0.3 is 5.11 Å². The maximum Gasteiger partial charge on any atom is 0.431 e. The van der Waals surface area contributed by atoms with Gasteiger partial charge in [0.1, 0.15) is 11.3 Å². The maximum absolute atomic E-state index is 12.8. The van der Waals surface area contributed by atoms with Crippen molar-refractivity contribution < 1.29 is 23.1 Å². The van der Waals surface area contributed by atoms with Crippen LogP contribution in [-0.4, -0.2) is 25.3 Å². The van der Waals surface area contributed by atoms with E-state index >= 15 is 0 Å². The smallest absolute Gasteiger partial charge is 0.431 e. The Morgan fingerprint density at radius 3 is 2.53 bits per heavy atom. The molecule has 0 aliphatic rings. The predicted octanol–water partition coefficient (Wildman–Crippen LogP) is 1.23. The van der Waals surface area contributed by atoms with E-state index in [1.807, 2.05) is 0 Å². The van der Waals surface area contributed by atoms with Crippen LogP contribution in [0.5, 0.6) is 0 Å². The molecule has 2 aromatic rings. The number of aromatic carboxylic acids is 1. The molecule has 0 unspecified atom stereocenters. The molecule has 0 saturated carbocycles. The van der Waals surface area contributed by atoms with E-state index in [1.54, 1.807) is 0 Å². The monoisotopic (exact) mass is 275 g/mol. The summed E-state index contributed by atoms with van der Waals surface area (Å²) in [5.74, 6) is -1.45. The van der Waals surface area contributed by atoms with Gasteiger partial charge in [0.2, 0.25) is 0 Å². The fourth-order valence-electron chi connectivity index (χ4n) is 1.70. The summed E-state index contributed by atoms with van der Waals surface area (Å²) in [5.41, 5.74) is -3.25. The molecule has 1 N–H and O–H groups in total. The number of rotatable bonds is 2. The molecule has 19 heavy (non-hydrogen) atoms. The Balaban J connectivity index is 2.97. The molecule has 2 heterocycles. The first-order valence-corrected chi connectivity index (χ1v) is 5.20. The summed E-state index contributed by atoms with van der Waals surface area (Å²) in [6.07, 6.45) is -4.78. The molecule has 102 valence electrons. The Morgan fingerprint density at radius 1 is 1.42 bits per heavy atom. The minimum absolute atomic E-state index is 0.0386. The summed E-state index contributed by atoms with van der Waals surface area (Å²) >= 11 is 0. The maximum atomic E-state index is 12.8. The molecule has 0 aliphatic heterocycles. The van der Waals surface area contributed by atoms with Crippen molar-refractivity contribution in [2.45, 2.75) is 19.6 Å². The molecule has 2 aromatic heterocycles. The summed E-state index contributed by atoms with van der Waals surface area (Å²) < 4.78 is 39.4. The zero-order valence-electron chi connectivity index (χ0n) is 9.60. The van der Waals surface area contributed by atoms with Crippen LogP contribution < -0.4 is 5.69 Å². The van der Waals surface area contributed by atoms with Crippen molar-refractivity contribution in [2.24, 2.45) is 0 Å². The lowest BCUT2D eigenvalue weighted by molar-refractivity contribution is -0.142. The predicted molar refractivity (Wildman–Crippen MR) is 57.1 cm³/mol. The van der Waals surface area contributed by atoms with E-state index in [-0.39, 0.29) is 10.9 Å². The van der Waals surface area contributed by atoms with E-state index in [1.165, 1.54) is 6.92 Å². The van der Waals surface area contributed by atoms with E-state index in [2.05, 4.69) is 5.10 Å². The van der Waals surface area contributed by atoms with E-state index in [0.717, 1.165) is 10.7 Å². The number of hydrogen-bond acceptors (Lipinski definition) is 3. The molecule has 9 heteroatoms. The van der Waals surface area contributed by atoms with E-state index < -0.39 is 34.7 Å². The number of pyridine rings is 1. The quantitative estimate of drug-likeness (QED) is 0.894. The molecule has 6 nitrogen and oxygen atoms in total. The van der Waals surface area contributed by atoms with E-state index in [4.69, 9.17) is 5.11 Å². The second-order valence-corrected chi connectivity index (χ2v) is 3.69. The van der Waals surface area contributed by atoms with Gasteiger partial charge in [0.15, 0.2) is 5.65 Å². The largest absolute Gasteiger partial charge is 0.478 e. The Morgan fingerprint density at radius 2 is 2.05 bits per heavy atom. The molecule has 0 amide bonds. The lowest BCUT2D eigenvalue weighted by Gasteiger charge is -2.08. The average molecular weight is 275 g/mol. The van der Waals surface area contributed by atoms with Crippen molar-refractivity contribution in [2.75, 3.05) is 0 Å². The first kappa shape index (κ1) is 13.1. The SMILES string of the molecule is CCn1nc2c(C(=O)O)ccc(C(F)(F)F)n2c1=O. The van der Waals surface area contributed by atoms with Gasteiger partial charge >= 0.3 is 17.8 Å². The van der Waals surface area contributed by atoms with Gasteiger partial charge in [-0.2, -0.15) is 13.2 Å². The fourth-order valence-corrected chi connectivity index (χ4v) is 1.70. The zero-order chi connectivity index (χ0) is 14.4. The van der Waals surface area contributed by atoms with Crippen LogP contribution >= 0.6 is 0 Å². The second kappa shape index (κ2) is 4.11. The number of aryl methyl sites for hydroxylation is 1. The van der Waals surface area contributed by atoms with Crippen LogP contribution in [0.4, 0.5) is 13.2 Å². The topological polar surface area (TPSA) is 76.6 Å². The number of carbonyl (C=O) groups is 1. The first-order valence-electron chi connectivity index (χ1n) is 5.20. The average Bonchev–Trinajstić information content (AvgIpc) is 2.64. The second-order valence-electron chi connectivity index (χ2n) is 3.69. The van der Waals surface area contributed by atoms with Gasteiger partial charge in [-0.05, 0) is 19.1 Å². The third-order valence-corrected chi connectivity index (χ3v) is 2.55. The zero-order valence-corrected chi connectivity index (χ0v) is 9.60. The highest BCUT2D eigenvalue weighted by Gasteiger charge is 2.35. The van der Waals surface area contributed by atoms with Crippen LogP contribution in [-0.2, 0) is 12.7 Å². The first-order chi connectivity index (χ1) is 8.77. The van der Waals surface area contributed by atoms with Crippen molar-refractivity contribution in [3.63, 3.8) is 0 Å². The van der Waals surface area contributed by atoms with E-state index in [0.29, 0.717) is 6.07 Å². The summed E-state index contributed by atoms with van der Waals surface area (Å²) in [6, 6.07) is 1.34. The molecule has 0 bridgehead atoms. The standard InChI is InChI=1S/C10H8F3N3O3/c1-2-15-9(19)16-6(10(11,12)13)4-3-5(8(17)18)7(16)14-15/h3-4H,2H2,1H3,(H,17,18). The molecule has 0 fully saturated rings. The van der Waals surface area contributed by atoms with Gasteiger partial charge in [-0.3, -0.25) is 0 Å². The number of aromatic nitrogens is 3. The molecule has 0 aromatic carbocycles. The Labute approximate surface area is 103 Å². The van der Waals surface area contributed by atoms with Crippen LogP contribution in [0.2, 0.25) is 0 Å². The van der Waals surface area contributed by atoms with Gasteiger partial charge in [-0.1, -0.05) is 0 Å². The Hall–Kier alpha value is -2.32. The van der Waals surface area contributed by atoms with Gasteiger partial charge in [-0.25, -0.2) is 18.7 Å². The number of halogens is 3. The molecule has 0 radical (unpaired) electrons. The third kappa shape index (κ3) is 1.96. The number of fused-ring (bicyclic) bond motifs is 1. The molecule has 2 rings (SSSR count).